The molecule has 0 spiro atoms. The minimum atomic E-state index is 0.717. The summed E-state index contributed by atoms with van der Waals surface area (Å²) >= 11 is 6.16. The molecule has 3 aromatic rings. The molecule has 0 radical (unpaired) electrons. The van der Waals surface area contributed by atoms with Crippen LogP contribution in [0.2, 0.25) is 5.02 Å². The molecule has 2 aromatic heterocycles. The molecule has 98 valence electrons. The molecule has 0 atom stereocenters. The standard InChI is InChI=1S/C16H12ClN3/c17-12-6-7-14-13(10-12)15(11-4-2-1-3-5-11)19-16-18-8-9-20(14)16/h2,4-10H,1,3H2. The predicted octanol–water partition coefficient (Wildman–Crippen LogP) is 4.27. The van der Waals surface area contributed by atoms with E-state index in [1.54, 1.807) is 6.20 Å². The van der Waals surface area contributed by atoms with E-state index in [-0.39, 0.29) is 0 Å². The number of aromatic nitrogens is 3. The Balaban J connectivity index is 2.13. The summed E-state index contributed by atoms with van der Waals surface area (Å²) in [4.78, 5) is 9.02. The number of hydrogen-bond donors (Lipinski definition) is 0. The Bertz CT molecular complexity index is 874. The van der Waals surface area contributed by atoms with Crippen LogP contribution in [-0.2, 0) is 0 Å². The van der Waals surface area contributed by atoms with E-state index >= 15 is 0 Å². The number of fused-ring (bicyclic) bond motifs is 3. The van der Waals surface area contributed by atoms with Crippen LogP contribution in [0.15, 0.2) is 48.8 Å². The summed E-state index contributed by atoms with van der Waals surface area (Å²) in [6.07, 6.45) is 12.4. The third kappa shape index (κ3) is 1.74. The zero-order valence-electron chi connectivity index (χ0n) is 10.8. The molecule has 0 amide bonds. The molecule has 1 aliphatic carbocycles. The molecule has 0 N–H and O–H groups in total. The molecule has 0 saturated heterocycles. The van der Waals surface area contributed by atoms with Crippen molar-refractivity contribution in [2.45, 2.75) is 12.8 Å². The average Bonchev–Trinajstić information content (AvgIpc) is 2.95. The Kier molecular flexibility index (Phi) is 2.60. The number of nitrogens with zero attached hydrogens (tertiary/aromatic N) is 3. The lowest BCUT2D eigenvalue weighted by molar-refractivity contribution is 1.04. The number of halogens is 1. The molecule has 1 aromatic carbocycles. The Hall–Kier alpha value is -2.13. The first kappa shape index (κ1) is 11.7. The first-order chi connectivity index (χ1) is 9.83. The molecule has 1 aliphatic rings. The van der Waals surface area contributed by atoms with E-state index in [4.69, 9.17) is 16.6 Å². The van der Waals surface area contributed by atoms with Crippen LogP contribution in [0.25, 0.3) is 22.3 Å². The summed E-state index contributed by atoms with van der Waals surface area (Å²) in [6, 6.07) is 5.89. The second-order valence-corrected chi connectivity index (χ2v) is 5.29. The van der Waals surface area contributed by atoms with Gasteiger partial charge in [0.05, 0.1) is 11.2 Å². The van der Waals surface area contributed by atoms with Gasteiger partial charge in [-0.25, -0.2) is 9.97 Å². The fourth-order valence-electron chi connectivity index (χ4n) is 2.64. The SMILES string of the molecule is Clc1ccc2c(c1)c(C1=CCCC=C1)nc1nccn12. The number of benzene rings is 1. The second-order valence-electron chi connectivity index (χ2n) is 4.86. The van der Waals surface area contributed by atoms with Gasteiger partial charge in [-0.1, -0.05) is 29.8 Å². The van der Waals surface area contributed by atoms with Crippen molar-refractivity contribution < 1.29 is 0 Å². The third-order valence-electron chi connectivity index (χ3n) is 3.57. The van der Waals surface area contributed by atoms with Crippen molar-refractivity contribution in [2.24, 2.45) is 0 Å². The summed E-state index contributed by atoms with van der Waals surface area (Å²) in [5, 5.41) is 1.78. The van der Waals surface area contributed by atoms with Crippen LogP contribution in [0, 0.1) is 0 Å². The van der Waals surface area contributed by atoms with Gasteiger partial charge in [0, 0.05) is 22.8 Å². The highest BCUT2D eigenvalue weighted by Gasteiger charge is 2.12. The van der Waals surface area contributed by atoms with Crippen molar-refractivity contribution in [3.63, 3.8) is 0 Å². The Morgan fingerprint density at radius 1 is 1.20 bits per heavy atom. The van der Waals surface area contributed by atoms with Gasteiger partial charge < -0.3 is 0 Å². The third-order valence-corrected chi connectivity index (χ3v) is 3.81. The van der Waals surface area contributed by atoms with E-state index in [2.05, 4.69) is 23.2 Å². The van der Waals surface area contributed by atoms with Crippen molar-refractivity contribution in [2.75, 3.05) is 0 Å². The van der Waals surface area contributed by atoms with Gasteiger partial charge in [-0.3, -0.25) is 4.40 Å². The van der Waals surface area contributed by atoms with E-state index in [1.165, 1.54) is 0 Å². The van der Waals surface area contributed by atoms with E-state index in [1.807, 2.05) is 28.8 Å². The predicted molar refractivity (Wildman–Crippen MR) is 81.9 cm³/mol. The molecule has 20 heavy (non-hydrogen) atoms. The molecule has 4 heteroatoms. The van der Waals surface area contributed by atoms with Crippen LogP contribution in [0.4, 0.5) is 0 Å². The summed E-state index contributed by atoms with van der Waals surface area (Å²) in [5.41, 5.74) is 3.18. The quantitative estimate of drug-likeness (QED) is 0.667. The number of allylic oxidation sites excluding steroid dienone is 4. The van der Waals surface area contributed by atoms with E-state index < -0.39 is 0 Å². The van der Waals surface area contributed by atoms with Crippen molar-refractivity contribution in [3.05, 3.63) is 59.5 Å². The van der Waals surface area contributed by atoms with E-state index in [0.29, 0.717) is 0 Å². The average molecular weight is 282 g/mol. The van der Waals surface area contributed by atoms with Gasteiger partial charge >= 0.3 is 0 Å². The Morgan fingerprint density at radius 2 is 2.15 bits per heavy atom. The lowest BCUT2D eigenvalue weighted by Crippen LogP contribution is -1.98. The molecule has 0 aliphatic heterocycles. The van der Waals surface area contributed by atoms with Gasteiger partial charge in [-0.05, 0) is 36.6 Å². The Morgan fingerprint density at radius 3 is 3.00 bits per heavy atom. The topological polar surface area (TPSA) is 30.2 Å². The number of hydrogen-bond acceptors (Lipinski definition) is 2. The zero-order valence-corrected chi connectivity index (χ0v) is 11.5. The smallest absolute Gasteiger partial charge is 0.234 e. The molecule has 2 heterocycles. The van der Waals surface area contributed by atoms with Crippen LogP contribution in [-0.4, -0.2) is 14.4 Å². The monoisotopic (exact) mass is 281 g/mol. The Labute approximate surface area is 121 Å². The van der Waals surface area contributed by atoms with Gasteiger partial charge in [-0.2, -0.15) is 0 Å². The second kappa shape index (κ2) is 4.46. The molecule has 3 nitrogen and oxygen atoms in total. The first-order valence-corrected chi connectivity index (χ1v) is 7.00. The van der Waals surface area contributed by atoms with Crippen LogP contribution in [0.5, 0.6) is 0 Å². The molecule has 0 saturated carbocycles. The van der Waals surface area contributed by atoms with E-state index in [9.17, 15) is 0 Å². The molecule has 0 bridgehead atoms. The molecule has 0 fully saturated rings. The van der Waals surface area contributed by atoms with Crippen molar-refractivity contribution in [3.8, 4) is 0 Å². The van der Waals surface area contributed by atoms with Gasteiger partial charge in [0.15, 0.2) is 0 Å². The van der Waals surface area contributed by atoms with Gasteiger partial charge in [0.2, 0.25) is 5.78 Å². The van der Waals surface area contributed by atoms with Crippen LogP contribution >= 0.6 is 11.6 Å². The maximum Gasteiger partial charge on any atom is 0.234 e. The highest BCUT2D eigenvalue weighted by atomic mass is 35.5. The zero-order chi connectivity index (χ0) is 13.5. The minimum Gasteiger partial charge on any atom is -0.284 e. The number of rotatable bonds is 1. The molecular weight excluding hydrogens is 270 g/mol. The highest BCUT2D eigenvalue weighted by molar-refractivity contribution is 6.31. The fourth-order valence-corrected chi connectivity index (χ4v) is 2.82. The maximum atomic E-state index is 6.16. The normalized spacial score (nSPS) is 14.9. The number of imidazole rings is 1. The largest absolute Gasteiger partial charge is 0.284 e. The fraction of sp³-hybridized carbons (Fsp3) is 0.125. The summed E-state index contributed by atoms with van der Waals surface area (Å²) in [7, 11) is 0. The minimum absolute atomic E-state index is 0.717. The first-order valence-electron chi connectivity index (χ1n) is 6.62. The molecule has 0 unspecified atom stereocenters. The summed E-state index contributed by atoms with van der Waals surface area (Å²) in [5.74, 6) is 0.717. The summed E-state index contributed by atoms with van der Waals surface area (Å²) < 4.78 is 1.99. The van der Waals surface area contributed by atoms with Crippen molar-refractivity contribution >= 4 is 33.9 Å². The van der Waals surface area contributed by atoms with Gasteiger partial charge in [0.1, 0.15) is 0 Å². The van der Waals surface area contributed by atoms with Gasteiger partial charge in [0.25, 0.3) is 0 Å². The summed E-state index contributed by atoms with van der Waals surface area (Å²) in [6.45, 7) is 0. The van der Waals surface area contributed by atoms with Crippen LogP contribution in [0.3, 0.4) is 0 Å². The van der Waals surface area contributed by atoms with Crippen LogP contribution in [0.1, 0.15) is 18.5 Å². The van der Waals surface area contributed by atoms with Crippen molar-refractivity contribution in [1.29, 1.82) is 0 Å². The molecular formula is C16H12ClN3. The van der Waals surface area contributed by atoms with E-state index in [0.717, 1.165) is 45.8 Å². The lowest BCUT2D eigenvalue weighted by Gasteiger charge is -2.11. The maximum absolute atomic E-state index is 6.16. The lowest BCUT2D eigenvalue weighted by atomic mass is 10.0. The molecule has 4 rings (SSSR count). The van der Waals surface area contributed by atoms with Gasteiger partial charge in [-0.15, -0.1) is 0 Å². The highest BCUT2D eigenvalue weighted by Crippen LogP contribution is 2.29. The van der Waals surface area contributed by atoms with Crippen molar-refractivity contribution in [1.82, 2.24) is 14.4 Å². The van der Waals surface area contributed by atoms with Crippen LogP contribution < -0.4 is 0 Å².